The molecule has 2 aromatic heterocycles. The van der Waals surface area contributed by atoms with Crippen LogP contribution >= 0.6 is 0 Å². The van der Waals surface area contributed by atoms with Crippen molar-refractivity contribution in [2.45, 2.75) is 31.0 Å². The molecule has 138 valence electrons. The van der Waals surface area contributed by atoms with E-state index in [1.807, 2.05) is 12.1 Å². The molecule has 1 fully saturated rings. The maximum absolute atomic E-state index is 12.9. The fraction of sp³-hybridized carbons (Fsp3) is 0.368. The van der Waals surface area contributed by atoms with E-state index in [1.165, 1.54) is 28.2 Å². The van der Waals surface area contributed by atoms with Crippen LogP contribution in [0.4, 0.5) is 0 Å². The van der Waals surface area contributed by atoms with Crippen LogP contribution in [0.25, 0.3) is 5.65 Å². The first-order valence-corrected chi connectivity index (χ1v) is 9.09. The second-order valence-corrected chi connectivity index (χ2v) is 7.31. The average molecular weight is 364 g/mol. The molecule has 2 aliphatic heterocycles. The highest BCUT2D eigenvalue weighted by Gasteiger charge is 2.45. The van der Waals surface area contributed by atoms with E-state index in [0.29, 0.717) is 24.3 Å². The molecule has 0 unspecified atom stereocenters. The Morgan fingerprint density at radius 3 is 2.96 bits per heavy atom. The number of likely N-dealkylation sites (tertiary alicyclic amines) is 1. The standard InChI is InChI=1S/C19H20N6O2/c26-16-11-24(18(27)15-10-25-17(9-20-15)21-12-23-25)6-5-19(16)7-13-3-1-2-4-14(13)8-22-19/h1-4,9-10,12,16,22,26H,5-8,11H2/t16-,19+/m1/s1. The smallest absolute Gasteiger partial charge is 0.274 e. The summed E-state index contributed by atoms with van der Waals surface area (Å²) in [5, 5.41) is 18.5. The molecule has 2 N–H and O–H groups in total. The highest BCUT2D eigenvalue weighted by atomic mass is 16.3. The van der Waals surface area contributed by atoms with Gasteiger partial charge in [0, 0.05) is 19.6 Å². The van der Waals surface area contributed by atoms with E-state index in [2.05, 4.69) is 32.5 Å². The molecule has 0 saturated carbocycles. The summed E-state index contributed by atoms with van der Waals surface area (Å²) in [4.78, 5) is 22.8. The summed E-state index contributed by atoms with van der Waals surface area (Å²) < 4.78 is 1.53. The molecule has 27 heavy (non-hydrogen) atoms. The monoisotopic (exact) mass is 364 g/mol. The van der Waals surface area contributed by atoms with Gasteiger partial charge >= 0.3 is 0 Å². The number of carbonyl (C=O) groups excluding carboxylic acids is 1. The van der Waals surface area contributed by atoms with E-state index in [0.717, 1.165) is 13.0 Å². The molecule has 1 aromatic carbocycles. The minimum Gasteiger partial charge on any atom is -0.389 e. The van der Waals surface area contributed by atoms with E-state index < -0.39 is 6.10 Å². The van der Waals surface area contributed by atoms with E-state index in [-0.39, 0.29) is 18.0 Å². The zero-order valence-electron chi connectivity index (χ0n) is 14.7. The molecule has 8 heteroatoms. The number of piperidine rings is 1. The minimum absolute atomic E-state index is 0.197. The van der Waals surface area contributed by atoms with Crippen LogP contribution < -0.4 is 5.32 Å². The number of nitrogens with one attached hydrogen (secondary N) is 1. The lowest BCUT2D eigenvalue weighted by Gasteiger charge is -2.48. The third-order valence-corrected chi connectivity index (χ3v) is 5.78. The van der Waals surface area contributed by atoms with Crippen LogP contribution in [0.2, 0.25) is 0 Å². The first-order valence-electron chi connectivity index (χ1n) is 9.09. The number of β-amino-alcohol motifs (C(OH)–C–C–N with tert-alkyl or cyclic N) is 1. The zero-order chi connectivity index (χ0) is 18.4. The average Bonchev–Trinajstić information content (AvgIpc) is 3.17. The summed E-state index contributed by atoms with van der Waals surface area (Å²) >= 11 is 0. The molecule has 8 nitrogen and oxygen atoms in total. The third kappa shape index (κ3) is 2.68. The fourth-order valence-electron chi connectivity index (χ4n) is 4.15. The number of fused-ring (bicyclic) bond motifs is 2. The van der Waals surface area contributed by atoms with Gasteiger partial charge < -0.3 is 15.3 Å². The Hall–Kier alpha value is -2.84. The second-order valence-electron chi connectivity index (χ2n) is 7.31. The van der Waals surface area contributed by atoms with Gasteiger partial charge in [-0.2, -0.15) is 5.10 Å². The van der Waals surface area contributed by atoms with Crippen LogP contribution in [0.15, 0.2) is 43.0 Å². The van der Waals surface area contributed by atoms with Gasteiger partial charge in [-0.3, -0.25) is 4.79 Å². The van der Waals surface area contributed by atoms with E-state index >= 15 is 0 Å². The molecule has 2 atom stereocenters. The molecule has 0 radical (unpaired) electrons. The van der Waals surface area contributed by atoms with Gasteiger partial charge in [0.15, 0.2) is 5.65 Å². The van der Waals surface area contributed by atoms with Crippen LogP contribution in [0.1, 0.15) is 28.0 Å². The molecular formula is C19H20N6O2. The first-order chi connectivity index (χ1) is 13.1. The molecule has 1 amide bonds. The summed E-state index contributed by atoms with van der Waals surface area (Å²) in [6.07, 6.45) is 5.36. The number of amides is 1. The molecule has 5 rings (SSSR count). The van der Waals surface area contributed by atoms with Crippen LogP contribution in [0.3, 0.4) is 0 Å². The Morgan fingerprint density at radius 2 is 2.11 bits per heavy atom. The lowest BCUT2D eigenvalue weighted by molar-refractivity contribution is -0.0140. The van der Waals surface area contributed by atoms with E-state index in [4.69, 9.17) is 0 Å². The number of hydrogen-bond donors (Lipinski definition) is 2. The Morgan fingerprint density at radius 1 is 1.26 bits per heavy atom. The van der Waals surface area contributed by atoms with Crippen molar-refractivity contribution < 1.29 is 9.90 Å². The van der Waals surface area contributed by atoms with Gasteiger partial charge in [-0.1, -0.05) is 24.3 Å². The molecule has 1 spiro atoms. The number of benzene rings is 1. The SMILES string of the molecule is O=C(c1cn2ncnc2cn1)N1CC[C@]2(Cc3ccccc3CN2)[C@H](O)C1. The number of carbonyl (C=O) groups is 1. The van der Waals surface area contributed by atoms with Crippen molar-refractivity contribution in [1.29, 1.82) is 0 Å². The molecule has 3 aromatic rings. The van der Waals surface area contributed by atoms with Crippen molar-refractivity contribution >= 4 is 11.6 Å². The largest absolute Gasteiger partial charge is 0.389 e. The predicted molar refractivity (Wildman–Crippen MR) is 97.0 cm³/mol. The Kier molecular flexibility index (Phi) is 3.70. The van der Waals surface area contributed by atoms with Crippen molar-refractivity contribution in [2.75, 3.05) is 13.1 Å². The van der Waals surface area contributed by atoms with Gasteiger partial charge in [-0.15, -0.1) is 0 Å². The van der Waals surface area contributed by atoms with Crippen LogP contribution in [0, 0.1) is 0 Å². The summed E-state index contributed by atoms with van der Waals surface area (Å²) in [6, 6.07) is 8.32. The van der Waals surface area contributed by atoms with Crippen LogP contribution in [-0.4, -0.2) is 60.2 Å². The van der Waals surface area contributed by atoms with Gasteiger partial charge in [0.1, 0.15) is 12.0 Å². The Balaban J connectivity index is 1.34. The van der Waals surface area contributed by atoms with E-state index in [9.17, 15) is 9.90 Å². The lowest BCUT2D eigenvalue weighted by atomic mass is 9.76. The maximum Gasteiger partial charge on any atom is 0.274 e. The Bertz CT molecular complexity index is 1020. The number of hydrogen-bond acceptors (Lipinski definition) is 6. The fourth-order valence-corrected chi connectivity index (χ4v) is 4.15. The van der Waals surface area contributed by atoms with Gasteiger partial charge in [0.25, 0.3) is 5.91 Å². The third-order valence-electron chi connectivity index (χ3n) is 5.78. The highest BCUT2D eigenvalue weighted by Crippen LogP contribution is 2.32. The summed E-state index contributed by atoms with van der Waals surface area (Å²) in [7, 11) is 0. The van der Waals surface area contributed by atoms with Gasteiger partial charge in [-0.05, 0) is 24.0 Å². The predicted octanol–water partition coefficient (Wildman–Crippen LogP) is 0.416. The molecule has 2 aliphatic rings. The molecule has 0 aliphatic carbocycles. The van der Waals surface area contributed by atoms with Gasteiger partial charge in [0.05, 0.1) is 24.0 Å². The van der Waals surface area contributed by atoms with Crippen molar-refractivity contribution in [3.63, 3.8) is 0 Å². The van der Waals surface area contributed by atoms with E-state index in [1.54, 1.807) is 11.1 Å². The normalized spacial score (nSPS) is 24.9. The summed E-state index contributed by atoms with van der Waals surface area (Å²) in [5.41, 5.74) is 3.06. The molecule has 1 saturated heterocycles. The first kappa shape index (κ1) is 16.3. The quantitative estimate of drug-likeness (QED) is 0.650. The number of nitrogens with zero attached hydrogens (tertiary/aromatic N) is 5. The van der Waals surface area contributed by atoms with Crippen LogP contribution in [0.5, 0.6) is 0 Å². The van der Waals surface area contributed by atoms with Crippen molar-refractivity contribution in [3.8, 4) is 0 Å². The number of rotatable bonds is 1. The molecule has 4 heterocycles. The Labute approximate surface area is 155 Å². The number of aliphatic hydroxyl groups excluding tert-OH is 1. The van der Waals surface area contributed by atoms with Crippen molar-refractivity contribution in [1.82, 2.24) is 29.8 Å². The highest BCUT2D eigenvalue weighted by molar-refractivity contribution is 5.92. The minimum atomic E-state index is -0.640. The topological polar surface area (TPSA) is 95.7 Å². The van der Waals surface area contributed by atoms with Gasteiger partial charge in [0.2, 0.25) is 0 Å². The summed E-state index contributed by atoms with van der Waals surface area (Å²) in [5.74, 6) is -0.197. The second kappa shape index (κ2) is 6.11. The molecule has 0 bridgehead atoms. The van der Waals surface area contributed by atoms with Crippen molar-refractivity contribution in [2.24, 2.45) is 0 Å². The maximum atomic E-state index is 12.9. The number of aliphatic hydroxyl groups is 1. The molecular weight excluding hydrogens is 344 g/mol. The number of aromatic nitrogens is 4. The zero-order valence-corrected chi connectivity index (χ0v) is 14.7. The summed E-state index contributed by atoms with van der Waals surface area (Å²) in [6.45, 7) is 1.60. The van der Waals surface area contributed by atoms with Crippen molar-refractivity contribution in [3.05, 3.63) is 59.8 Å². The lowest BCUT2D eigenvalue weighted by Crippen LogP contribution is -2.65. The van der Waals surface area contributed by atoms with Gasteiger partial charge in [-0.25, -0.2) is 14.5 Å². The van der Waals surface area contributed by atoms with Crippen LogP contribution in [-0.2, 0) is 13.0 Å².